The standard InChI is InChI=1S/C11H11F3O/c1-7-2-3-8-4-5-10(15,9(8)6-7)11(12,13)14/h2-3,6,15H,4-5H2,1H3. The molecule has 0 bridgehead atoms. The van der Waals surface area contributed by atoms with E-state index < -0.39 is 11.8 Å². The number of alkyl halides is 3. The molecule has 1 aliphatic carbocycles. The van der Waals surface area contributed by atoms with Gasteiger partial charge in [0.05, 0.1) is 0 Å². The lowest BCUT2D eigenvalue weighted by atomic mass is 9.94. The van der Waals surface area contributed by atoms with Crippen LogP contribution in [-0.2, 0) is 12.0 Å². The van der Waals surface area contributed by atoms with Gasteiger partial charge in [0.15, 0.2) is 5.60 Å². The average Bonchev–Trinajstić information content (AvgIpc) is 2.44. The quantitative estimate of drug-likeness (QED) is 0.706. The van der Waals surface area contributed by atoms with E-state index in [1.54, 1.807) is 19.1 Å². The minimum Gasteiger partial charge on any atom is -0.376 e. The van der Waals surface area contributed by atoms with Gasteiger partial charge in [0.2, 0.25) is 0 Å². The highest BCUT2D eigenvalue weighted by Gasteiger charge is 2.57. The van der Waals surface area contributed by atoms with Crippen molar-refractivity contribution in [1.82, 2.24) is 0 Å². The average molecular weight is 216 g/mol. The van der Waals surface area contributed by atoms with Crippen LogP contribution in [0.5, 0.6) is 0 Å². The molecule has 0 fully saturated rings. The number of rotatable bonds is 0. The summed E-state index contributed by atoms with van der Waals surface area (Å²) in [4.78, 5) is 0. The van der Waals surface area contributed by atoms with E-state index in [1.807, 2.05) is 0 Å². The van der Waals surface area contributed by atoms with Crippen molar-refractivity contribution in [2.45, 2.75) is 31.5 Å². The van der Waals surface area contributed by atoms with Crippen molar-refractivity contribution in [3.63, 3.8) is 0 Å². The predicted molar refractivity (Wildman–Crippen MR) is 49.5 cm³/mol. The van der Waals surface area contributed by atoms with Crippen LogP contribution >= 0.6 is 0 Å². The minimum absolute atomic E-state index is 0.0231. The first-order valence-corrected chi connectivity index (χ1v) is 4.74. The monoisotopic (exact) mass is 216 g/mol. The van der Waals surface area contributed by atoms with E-state index in [2.05, 4.69) is 0 Å². The molecule has 0 heterocycles. The molecule has 0 saturated heterocycles. The van der Waals surface area contributed by atoms with Gasteiger partial charge in [0, 0.05) is 0 Å². The fourth-order valence-corrected chi connectivity index (χ4v) is 2.04. The first-order valence-electron chi connectivity index (χ1n) is 4.74. The molecule has 1 atom stereocenters. The van der Waals surface area contributed by atoms with Crippen LogP contribution in [0.4, 0.5) is 13.2 Å². The molecular weight excluding hydrogens is 205 g/mol. The summed E-state index contributed by atoms with van der Waals surface area (Å²) in [5.41, 5.74) is -1.29. The minimum atomic E-state index is -4.59. The molecule has 4 heteroatoms. The van der Waals surface area contributed by atoms with E-state index in [0.29, 0.717) is 5.56 Å². The highest BCUT2D eigenvalue weighted by atomic mass is 19.4. The van der Waals surface area contributed by atoms with E-state index in [9.17, 15) is 18.3 Å². The molecule has 0 aliphatic heterocycles. The van der Waals surface area contributed by atoms with Gasteiger partial charge in [-0.2, -0.15) is 13.2 Å². The Bertz CT molecular complexity index is 397. The van der Waals surface area contributed by atoms with Crippen LogP contribution in [-0.4, -0.2) is 11.3 Å². The molecular formula is C11H11F3O. The first kappa shape index (κ1) is 10.5. The fourth-order valence-electron chi connectivity index (χ4n) is 2.04. The number of aryl methyl sites for hydroxylation is 2. The van der Waals surface area contributed by atoms with Crippen LogP contribution < -0.4 is 0 Å². The summed E-state index contributed by atoms with van der Waals surface area (Å²) in [7, 11) is 0. The molecule has 1 aromatic carbocycles. The molecule has 1 N–H and O–H groups in total. The van der Waals surface area contributed by atoms with Crippen molar-refractivity contribution in [1.29, 1.82) is 0 Å². The predicted octanol–water partition coefficient (Wildman–Crippen LogP) is 2.69. The number of fused-ring (bicyclic) bond motifs is 1. The second kappa shape index (κ2) is 2.98. The maximum atomic E-state index is 12.7. The fraction of sp³-hybridized carbons (Fsp3) is 0.455. The van der Waals surface area contributed by atoms with Gasteiger partial charge in [-0.05, 0) is 30.9 Å². The van der Waals surface area contributed by atoms with E-state index >= 15 is 0 Å². The zero-order valence-electron chi connectivity index (χ0n) is 8.23. The molecule has 0 aromatic heterocycles. The van der Waals surface area contributed by atoms with Crippen molar-refractivity contribution >= 4 is 0 Å². The molecule has 2 rings (SSSR count). The van der Waals surface area contributed by atoms with E-state index in [4.69, 9.17) is 0 Å². The van der Waals surface area contributed by atoms with Crippen molar-refractivity contribution < 1.29 is 18.3 Å². The van der Waals surface area contributed by atoms with Crippen LogP contribution in [0.15, 0.2) is 18.2 Å². The third-order valence-corrected chi connectivity index (χ3v) is 2.94. The lowest BCUT2D eigenvalue weighted by Crippen LogP contribution is -2.40. The van der Waals surface area contributed by atoms with Crippen LogP contribution in [0.3, 0.4) is 0 Å². The Morgan fingerprint density at radius 1 is 1.33 bits per heavy atom. The van der Waals surface area contributed by atoms with Gasteiger partial charge >= 0.3 is 6.18 Å². The number of benzene rings is 1. The summed E-state index contributed by atoms with van der Waals surface area (Å²) < 4.78 is 38.1. The molecule has 1 aromatic rings. The Balaban J connectivity index is 2.56. The van der Waals surface area contributed by atoms with Crippen LogP contribution in [0.25, 0.3) is 0 Å². The number of aliphatic hydroxyl groups is 1. The van der Waals surface area contributed by atoms with Crippen molar-refractivity contribution in [3.05, 3.63) is 34.9 Å². The summed E-state index contributed by atoms with van der Waals surface area (Å²) in [6.07, 6.45) is -4.58. The summed E-state index contributed by atoms with van der Waals surface area (Å²) in [5.74, 6) is 0. The SMILES string of the molecule is Cc1ccc2c(c1)C(O)(C(F)(F)F)CC2. The highest BCUT2D eigenvalue weighted by molar-refractivity contribution is 5.41. The van der Waals surface area contributed by atoms with Gasteiger partial charge in [-0.1, -0.05) is 23.8 Å². The molecule has 15 heavy (non-hydrogen) atoms. The zero-order valence-corrected chi connectivity index (χ0v) is 8.23. The molecule has 82 valence electrons. The number of hydrogen-bond acceptors (Lipinski definition) is 1. The van der Waals surface area contributed by atoms with Crippen LogP contribution in [0, 0.1) is 6.92 Å². The number of halogens is 3. The first-order chi connectivity index (χ1) is 6.84. The van der Waals surface area contributed by atoms with Crippen LogP contribution in [0.1, 0.15) is 23.1 Å². The van der Waals surface area contributed by atoms with E-state index in [1.165, 1.54) is 6.07 Å². The summed E-state index contributed by atoms with van der Waals surface area (Å²) in [6, 6.07) is 4.85. The van der Waals surface area contributed by atoms with Gasteiger partial charge in [-0.15, -0.1) is 0 Å². The molecule has 0 amide bonds. The normalized spacial score (nSPS) is 25.4. The zero-order chi connectivity index (χ0) is 11.3. The molecule has 0 spiro atoms. The van der Waals surface area contributed by atoms with E-state index in [-0.39, 0.29) is 18.4 Å². The summed E-state index contributed by atoms with van der Waals surface area (Å²) >= 11 is 0. The third kappa shape index (κ3) is 1.44. The largest absolute Gasteiger partial charge is 0.421 e. The van der Waals surface area contributed by atoms with Crippen molar-refractivity contribution in [2.75, 3.05) is 0 Å². The molecule has 0 radical (unpaired) electrons. The van der Waals surface area contributed by atoms with E-state index in [0.717, 1.165) is 5.56 Å². The highest BCUT2D eigenvalue weighted by Crippen LogP contribution is 2.48. The third-order valence-electron chi connectivity index (χ3n) is 2.94. The maximum absolute atomic E-state index is 12.7. The Labute approximate surface area is 85.5 Å². The Morgan fingerprint density at radius 2 is 2.00 bits per heavy atom. The van der Waals surface area contributed by atoms with Gasteiger partial charge < -0.3 is 5.11 Å². The summed E-state index contributed by atoms with van der Waals surface area (Å²) in [5, 5.41) is 9.68. The van der Waals surface area contributed by atoms with Gasteiger partial charge in [-0.3, -0.25) is 0 Å². The Hall–Kier alpha value is -1.03. The lowest BCUT2D eigenvalue weighted by molar-refractivity contribution is -0.265. The molecule has 1 aliphatic rings. The maximum Gasteiger partial charge on any atom is 0.421 e. The topological polar surface area (TPSA) is 20.2 Å². The smallest absolute Gasteiger partial charge is 0.376 e. The van der Waals surface area contributed by atoms with Gasteiger partial charge in [0.1, 0.15) is 0 Å². The second-order valence-corrected chi connectivity index (χ2v) is 4.02. The second-order valence-electron chi connectivity index (χ2n) is 4.02. The lowest BCUT2D eigenvalue weighted by Gasteiger charge is -2.27. The van der Waals surface area contributed by atoms with Gasteiger partial charge in [0.25, 0.3) is 0 Å². The Morgan fingerprint density at radius 3 is 2.60 bits per heavy atom. The Kier molecular flexibility index (Phi) is 2.08. The number of hydrogen-bond donors (Lipinski definition) is 1. The molecule has 1 nitrogen and oxygen atoms in total. The molecule has 0 saturated carbocycles. The molecule has 1 unspecified atom stereocenters. The van der Waals surface area contributed by atoms with Crippen molar-refractivity contribution in [3.8, 4) is 0 Å². The van der Waals surface area contributed by atoms with Crippen LogP contribution in [0.2, 0.25) is 0 Å². The summed E-state index contributed by atoms with van der Waals surface area (Å²) in [6.45, 7) is 1.72. The van der Waals surface area contributed by atoms with Gasteiger partial charge in [-0.25, -0.2) is 0 Å². The van der Waals surface area contributed by atoms with Crippen molar-refractivity contribution in [2.24, 2.45) is 0 Å².